The van der Waals surface area contributed by atoms with Crippen LogP contribution in [0.1, 0.15) is 21.0 Å². The van der Waals surface area contributed by atoms with Gasteiger partial charge in [-0.25, -0.2) is 0 Å². The van der Waals surface area contributed by atoms with Crippen molar-refractivity contribution in [2.45, 2.75) is 0 Å². The second-order valence-electron chi connectivity index (χ2n) is 5.49. The maximum atomic E-state index is 11.3. The minimum absolute atomic E-state index is 0.599. The number of fused-ring (bicyclic) bond motifs is 1. The third kappa shape index (κ3) is 2.08. The minimum Gasteiger partial charge on any atom is -0.314 e. The first kappa shape index (κ1) is 14.2. The highest BCUT2D eigenvalue weighted by Gasteiger charge is 2.11. The van der Waals surface area contributed by atoms with E-state index in [1.807, 2.05) is 70.1 Å². The lowest BCUT2D eigenvalue weighted by atomic mass is 10.1. The van der Waals surface area contributed by atoms with Gasteiger partial charge in [0.15, 0.2) is 12.6 Å². The average molecular weight is 314 g/mol. The fourth-order valence-corrected chi connectivity index (χ4v) is 3.12. The first-order chi connectivity index (χ1) is 11.8. The molecule has 4 heteroatoms. The molecule has 4 rings (SSSR count). The van der Waals surface area contributed by atoms with Crippen molar-refractivity contribution in [2.24, 2.45) is 0 Å². The number of hydrogen-bond donors (Lipinski definition) is 0. The summed E-state index contributed by atoms with van der Waals surface area (Å²) in [5.41, 5.74) is 3.06. The van der Waals surface area contributed by atoms with Gasteiger partial charge in [0.25, 0.3) is 0 Å². The fraction of sp³-hybridized carbons (Fsp3) is 0. The van der Waals surface area contributed by atoms with E-state index in [4.69, 9.17) is 0 Å². The molecule has 0 saturated carbocycles. The summed E-state index contributed by atoms with van der Waals surface area (Å²) in [7, 11) is 0. The number of hydrogen-bond acceptors (Lipinski definition) is 2. The summed E-state index contributed by atoms with van der Waals surface area (Å²) in [4.78, 5) is 22.5. The molecule has 24 heavy (non-hydrogen) atoms. The van der Waals surface area contributed by atoms with Gasteiger partial charge in [0.05, 0.1) is 22.8 Å². The SMILES string of the molecule is O=Cc1cccn1-c1cccc2c(-n3cccc3C=O)cccc12. The molecule has 4 nitrogen and oxygen atoms in total. The van der Waals surface area contributed by atoms with Crippen molar-refractivity contribution in [3.63, 3.8) is 0 Å². The van der Waals surface area contributed by atoms with Gasteiger partial charge in [0, 0.05) is 23.2 Å². The number of benzene rings is 2. The van der Waals surface area contributed by atoms with E-state index < -0.39 is 0 Å². The molecule has 0 atom stereocenters. The Morgan fingerprint density at radius 3 is 1.46 bits per heavy atom. The Balaban J connectivity index is 2.02. The van der Waals surface area contributed by atoms with E-state index in [0.29, 0.717) is 11.4 Å². The highest BCUT2D eigenvalue weighted by atomic mass is 16.1. The van der Waals surface area contributed by atoms with Gasteiger partial charge in [-0.1, -0.05) is 24.3 Å². The highest BCUT2D eigenvalue weighted by Crippen LogP contribution is 2.29. The zero-order valence-corrected chi connectivity index (χ0v) is 12.8. The van der Waals surface area contributed by atoms with Gasteiger partial charge < -0.3 is 9.13 Å². The summed E-state index contributed by atoms with van der Waals surface area (Å²) in [6.07, 6.45) is 5.44. The predicted molar refractivity (Wildman–Crippen MR) is 93.4 cm³/mol. The molecule has 2 aromatic carbocycles. The van der Waals surface area contributed by atoms with Crippen LogP contribution >= 0.6 is 0 Å². The molecule has 0 amide bonds. The number of aromatic nitrogens is 2. The maximum Gasteiger partial charge on any atom is 0.166 e. The van der Waals surface area contributed by atoms with Crippen LogP contribution in [-0.2, 0) is 0 Å². The summed E-state index contributed by atoms with van der Waals surface area (Å²) < 4.78 is 3.74. The van der Waals surface area contributed by atoms with E-state index in [-0.39, 0.29) is 0 Å². The Morgan fingerprint density at radius 2 is 1.04 bits per heavy atom. The molecule has 0 radical (unpaired) electrons. The molecule has 0 fully saturated rings. The zero-order chi connectivity index (χ0) is 16.5. The van der Waals surface area contributed by atoms with Gasteiger partial charge >= 0.3 is 0 Å². The Bertz CT molecular complexity index is 971. The topological polar surface area (TPSA) is 44.0 Å². The maximum absolute atomic E-state index is 11.3. The molecular formula is C20H14N2O2. The summed E-state index contributed by atoms with van der Waals surface area (Å²) in [6.45, 7) is 0. The van der Waals surface area contributed by atoms with Crippen LogP contribution in [0.15, 0.2) is 73.1 Å². The third-order valence-electron chi connectivity index (χ3n) is 4.20. The first-order valence-electron chi connectivity index (χ1n) is 7.61. The fourth-order valence-electron chi connectivity index (χ4n) is 3.12. The minimum atomic E-state index is 0.599. The second-order valence-corrected chi connectivity index (χ2v) is 5.49. The molecule has 0 aliphatic heterocycles. The summed E-state index contributed by atoms with van der Waals surface area (Å²) >= 11 is 0. The van der Waals surface area contributed by atoms with Gasteiger partial charge in [-0.15, -0.1) is 0 Å². The standard InChI is InChI=1S/C20H14N2O2/c23-13-15-5-3-11-21(15)19-9-1-7-17-18(19)8-2-10-20(17)22-12-4-6-16(22)14-24/h1-14H. The van der Waals surface area contributed by atoms with Crippen LogP contribution in [0.2, 0.25) is 0 Å². The summed E-state index contributed by atoms with van der Waals surface area (Å²) in [5, 5.41) is 2.03. The first-order valence-corrected chi connectivity index (χ1v) is 7.61. The van der Waals surface area contributed by atoms with Crippen LogP contribution in [0.25, 0.3) is 22.1 Å². The molecule has 0 N–H and O–H groups in total. The molecule has 0 spiro atoms. The van der Waals surface area contributed by atoms with Crippen molar-refractivity contribution >= 4 is 23.3 Å². The van der Waals surface area contributed by atoms with Gasteiger partial charge in [0.1, 0.15) is 0 Å². The van der Waals surface area contributed by atoms with Crippen LogP contribution < -0.4 is 0 Å². The predicted octanol–water partition coefficient (Wildman–Crippen LogP) is 4.05. The van der Waals surface area contributed by atoms with E-state index in [1.165, 1.54) is 0 Å². The van der Waals surface area contributed by atoms with E-state index in [1.54, 1.807) is 12.1 Å². The van der Waals surface area contributed by atoms with Crippen molar-refractivity contribution in [1.29, 1.82) is 0 Å². The zero-order valence-electron chi connectivity index (χ0n) is 12.8. The normalized spacial score (nSPS) is 10.8. The number of nitrogens with zero attached hydrogens (tertiary/aromatic N) is 2. The number of aldehydes is 2. The Morgan fingerprint density at radius 1 is 0.583 bits per heavy atom. The number of rotatable bonds is 4. The molecule has 0 saturated heterocycles. The van der Waals surface area contributed by atoms with Crippen molar-refractivity contribution in [3.05, 3.63) is 84.4 Å². The molecule has 0 aliphatic carbocycles. The van der Waals surface area contributed by atoms with Gasteiger partial charge in [-0.2, -0.15) is 0 Å². The van der Waals surface area contributed by atoms with Crippen LogP contribution in [0.3, 0.4) is 0 Å². The average Bonchev–Trinajstić information content (AvgIpc) is 3.29. The Kier molecular flexibility index (Phi) is 3.35. The largest absolute Gasteiger partial charge is 0.314 e. The quantitative estimate of drug-likeness (QED) is 0.533. The van der Waals surface area contributed by atoms with Gasteiger partial charge in [-0.3, -0.25) is 9.59 Å². The number of carbonyl (C=O) groups is 2. The van der Waals surface area contributed by atoms with Crippen LogP contribution in [0, 0.1) is 0 Å². The molecule has 0 bridgehead atoms. The van der Waals surface area contributed by atoms with E-state index >= 15 is 0 Å². The van der Waals surface area contributed by atoms with Gasteiger partial charge in [0.2, 0.25) is 0 Å². The van der Waals surface area contributed by atoms with Crippen molar-refractivity contribution in [2.75, 3.05) is 0 Å². The molecular weight excluding hydrogens is 300 g/mol. The smallest absolute Gasteiger partial charge is 0.166 e. The van der Waals surface area contributed by atoms with Crippen LogP contribution in [0.4, 0.5) is 0 Å². The van der Waals surface area contributed by atoms with Crippen molar-refractivity contribution < 1.29 is 9.59 Å². The lowest BCUT2D eigenvalue weighted by molar-refractivity contribution is 0.111. The highest BCUT2D eigenvalue weighted by molar-refractivity contribution is 5.97. The van der Waals surface area contributed by atoms with E-state index in [2.05, 4.69) is 0 Å². The molecule has 2 heterocycles. The lowest BCUT2D eigenvalue weighted by Gasteiger charge is -2.14. The van der Waals surface area contributed by atoms with Crippen molar-refractivity contribution in [1.82, 2.24) is 9.13 Å². The van der Waals surface area contributed by atoms with Crippen LogP contribution in [-0.4, -0.2) is 21.7 Å². The lowest BCUT2D eigenvalue weighted by Crippen LogP contribution is -2.01. The van der Waals surface area contributed by atoms with E-state index in [0.717, 1.165) is 34.7 Å². The Labute approximate surface area is 138 Å². The third-order valence-corrected chi connectivity index (χ3v) is 4.20. The molecule has 116 valence electrons. The molecule has 0 aliphatic rings. The van der Waals surface area contributed by atoms with Crippen molar-refractivity contribution in [3.8, 4) is 11.4 Å². The molecule has 0 unspecified atom stereocenters. The summed E-state index contributed by atoms with van der Waals surface area (Å²) in [5.74, 6) is 0. The molecule has 2 aromatic heterocycles. The second kappa shape index (κ2) is 5.66. The van der Waals surface area contributed by atoms with Crippen LogP contribution in [0.5, 0.6) is 0 Å². The van der Waals surface area contributed by atoms with Gasteiger partial charge in [-0.05, 0) is 36.4 Å². The molecule has 4 aromatic rings. The monoisotopic (exact) mass is 314 g/mol. The van der Waals surface area contributed by atoms with E-state index in [9.17, 15) is 9.59 Å². The number of carbonyl (C=O) groups excluding carboxylic acids is 2. The summed E-state index contributed by atoms with van der Waals surface area (Å²) in [6, 6.07) is 19.2. The Hall–Kier alpha value is -3.40.